The molecule has 1 aromatic rings. The third kappa shape index (κ3) is 3.54. The molecule has 2 heterocycles. The monoisotopic (exact) mass is 347 g/mol. The van der Waals surface area contributed by atoms with E-state index >= 15 is 0 Å². The van der Waals surface area contributed by atoms with Gasteiger partial charge in [0.25, 0.3) is 5.91 Å². The van der Waals surface area contributed by atoms with Crippen LogP contribution < -0.4 is 5.32 Å². The average Bonchev–Trinajstić information content (AvgIpc) is 3.00. The first kappa shape index (κ1) is 17.5. The van der Waals surface area contributed by atoms with Gasteiger partial charge < -0.3 is 10.2 Å². The van der Waals surface area contributed by atoms with Gasteiger partial charge in [0.1, 0.15) is 5.82 Å². The summed E-state index contributed by atoms with van der Waals surface area (Å²) in [4.78, 5) is 16.7. The minimum absolute atomic E-state index is 0. The van der Waals surface area contributed by atoms with Crippen molar-refractivity contribution in [3.63, 3.8) is 0 Å². The van der Waals surface area contributed by atoms with E-state index in [2.05, 4.69) is 10.2 Å². The van der Waals surface area contributed by atoms with Crippen LogP contribution in [0.3, 0.4) is 0 Å². The van der Waals surface area contributed by atoms with Crippen molar-refractivity contribution in [3.05, 3.63) is 34.6 Å². The van der Waals surface area contributed by atoms with Gasteiger partial charge in [-0.15, -0.1) is 12.4 Å². The van der Waals surface area contributed by atoms with Crippen LogP contribution in [-0.4, -0.2) is 61.0 Å². The summed E-state index contributed by atoms with van der Waals surface area (Å²) in [6, 6.07) is 4.79. The van der Waals surface area contributed by atoms with Gasteiger partial charge in [-0.2, -0.15) is 0 Å². The first-order valence-electron chi connectivity index (χ1n) is 7.35. The molecule has 0 saturated carbocycles. The molecule has 2 aliphatic rings. The van der Waals surface area contributed by atoms with Crippen LogP contribution in [0.1, 0.15) is 16.8 Å². The van der Waals surface area contributed by atoms with E-state index in [1.54, 1.807) is 11.0 Å². The minimum atomic E-state index is -0.541. The van der Waals surface area contributed by atoms with Crippen LogP contribution in [-0.2, 0) is 0 Å². The number of rotatable bonds is 2. The lowest BCUT2D eigenvalue weighted by molar-refractivity contribution is 0.0773. The zero-order chi connectivity index (χ0) is 14.8. The average molecular weight is 348 g/mol. The van der Waals surface area contributed by atoms with Crippen molar-refractivity contribution in [1.29, 1.82) is 0 Å². The molecule has 0 radical (unpaired) electrons. The fraction of sp³-hybridized carbons (Fsp3) is 0.533. The topological polar surface area (TPSA) is 35.6 Å². The molecule has 0 aliphatic carbocycles. The molecule has 2 aliphatic heterocycles. The third-order valence-corrected chi connectivity index (χ3v) is 4.68. The molecule has 122 valence electrons. The number of carbonyl (C=O) groups is 1. The van der Waals surface area contributed by atoms with Crippen molar-refractivity contribution < 1.29 is 9.18 Å². The van der Waals surface area contributed by atoms with Gasteiger partial charge in [0.2, 0.25) is 0 Å². The Labute approximate surface area is 141 Å². The van der Waals surface area contributed by atoms with E-state index in [0.29, 0.717) is 19.1 Å². The quantitative estimate of drug-likeness (QED) is 0.888. The van der Waals surface area contributed by atoms with E-state index in [1.165, 1.54) is 12.1 Å². The Morgan fingerprint density at radius 2 is 2.00 bits per heavy atom. The molecule has 22 heavy (non-hydrogen) atoms. The fourth-order valence-corrected chi connectivity index (χ4v) is 3.32. The molecular weight excluding hydrogens is 328 g/mol. The Balaban J connectivity index is 0.00000176. The number of benzene rings is 1. The molecule has 0 bridgehead atoms. The molecule has 4 nitrogen and oxygen atoms in total. The largest absolute Gasteiger partial charge is 0.337 e. The van der Waals surface area contributed by atoms with Gasteiger partial charge >= 0.3 is 0 Å². The zero-order valence-electron chi connectivity index (χ0n) is 12.2. The molecule has 1 atom stereocenters. The first-order valence-corrected chi connectivity index (χ1v) is 7.72. The third-order valence-electron chi connectivity index (χ3n) is 4.30. The smallest absolute Gasteiger partial charge is 0.255 e. The molecule has 1 aromatic carbocycles. The highest BCUT2D eigenvalue weighted by Crippen LogP contribution is 2.24. The second-order valence-corrected chi connectivity index (χ2v) is 5.96. The molecule has 0 aromatic heterocycles. The van der Waals surface area contributed by atoms with Crippen LogP contribution in [0.15, 0.2) is 18.2 Å². The second kappa shape index (κ2) is 7.59. The van der Waals surface area contributed by atoms with Crippen LogP contribution in [0.5, 0.6) is 0 Å². The maximum Gasteiger partial charge on any atom is 0.255 e. The van der Waals surface area contributed by atoms with Gasteiger partial charge in [-0.3, -0.25) is 9.69 Å². The van der Waals surface area contributed by atoms with Crippen molar-refractivity contribution >= 4 is 29.9 Å². The van der Waals surface area contributed by atoms with Crippen LogP contribution >= 0.6 is 24.0 Å². The fourth-order valence-electron chi connectivity index (χ4n) is 3.11. The highest BCUT2D eigenvalue weighted by atomic mass is 35.5. The molecule has 1 N–H and O–H groups in total. The zero-order valence-corrected chi connectivity index (χ0v) is 13.8. The molecule has 7 heteroatoms. The molecule has 0 spiro atoms. The predicted molar refractivity (Wildman–Crippen MR) is 87.4 cm³/mol. The summed E-state index contributed by atoms with van der Waals surface area (Å²) >= 11 is 5.91. The summed E-state index contributed by atoms with van der Waals surface area (Å²) in [6.07, 6.45) is 0.971. The molecule has 2 saturated heterocycles. The predicted octanol–water partition coefficient (Wildman–Crippen LogP) is 2.02. The molecule has 3 rings (SSSR count). The Bertz CT molecular complexity index is 538. The van der Waals surface area contributed by atoms with Crippen molar-refractivity contribution in [2.75, 3.05) is 39.3 Å². The SMILES string of the molecule is Cl.O=C(c1cccc(F)c1Cl)N1CCC(N2CCNCC2)C1. The summed E-state index contributed by atoms with van der Waals surface area (Å²) in [7, 11) is 0. The molecule has 1 unspecified atom stereocenters. The summed E-state index contributed by atoms with van der Waals surface area (Å²) in [5.41, 5.74) is 0.262. The van der Waals surface area contributed by atoms with Crippen molar-refractivity contribution in [2.45, 2.75) is 12.5 Å². The number of nitrogens with one attached hydrogen (secondary N) is 1. The number of hydrogen-bond donors (Lipinski definition) is 1. The van der Waals surface area contributed by atoms with Crippen LogP contribution in [0.2, 0.25) is 5.02 Å². The Hall–Kier alpha value is -0.880. The number of likely N-dealkylation sites (tertiary alicyclic amines) is 1. The number of hydrogen-bond acceptors (Lipinski definition) is 3. The lowest BCUT2D eigenvalue weighted by Gasteiger charge is -2.32. The highest BCUT2D eigenvalue weighted by molar-refractivity contribution is 6.34. The highest BCUT2D eigenvalue weighted by Gasteiger charge is 2.32. The van der Waals surface area contributed by atoms with Gasteiger partial charge in [-0.25, -0.2) is 4.39 Å². The molecule has 1 amide bonds. The van der Waals surface area contributed by atoms with Gasteiger partial charge in [-0.05, 0) is 18.6 Å². The van der Waals surface area contributed by atoms with Crippen molar-refractivity contribution in [3.8, 4) is 0 Å². The number of carbonyl (C=O) groups excluding carboxylic acids is 1. The van der Waals surface area contributed by atoms with Crippen molar-refractivity contribution in [1.82, 2.24) is 15.1 Å². The van der Waals surface area contributed by atoms with Gasteiger partial charge in [0.05, 0.1) is 10.6 Å². The van der Waals surface area contributed by atoms with Crippen molar-refractivity contribution in [2.24, 2.45) is 0 Å². The van der Waals surface area contributed by atoms with E-state index in [4.69, 9.17) is 11.6 Å². The lowest BCUT2D eigenvalue weighted by atomic mass is 10.2. The maximum absolute atomic E-state index is 13.5. The molecular formula is C15H20Cl2FN3O. The maximum atomic E-state index is 13.5. The summed E-state index contributed by atoms with van der Waals surface area (Å²) < 4.78 is 13.5. The van der Waals surface area contributed by atoms with Crippen LogP contribution in [0, 0.1) is 5.82 Å². The Morgan fingerprint density at radius 3 is 2.73 bits per heavy atom. The van der Waals surface area contributed by atoms with Gasteiger partial charge in [0.15, 0.2) is 0 Å². The number of nitrogens with zero attached hydrogens (tertiary/aromatic N) is 2. The summed E-state index contributed by atoms with van der Waals surface area (Å²) in [5, 5.41) is 3.25. The van der Waals surface area contributed by atoms with Gasteiger partial charge in [-0.1, -0.05) is 17.7 Å². The number of amides is 1. The van der Waals surface area contributed by atoms with E-state index in [1.807, 2.05) is 0 Å². The van der Waals surface area contributed by atoms with E-state index in [9.17, 15) is 9.18 Å². The number of halogens is 3. The van der Waals surface area contributed by atoms with Gasteiger partial charge in [0, 0.05) is 45.3 Å². The van der Waals surface area contributed by atoms with E-state index in [0.717, 1.165) is 32.6 Å². The minimum Gasteiger partial charge on any atom is -0.337 e. The summed E-state index contributed by atoms with van der Waals surface area (Å²) in [6.45, 7) is 5.45. The van der Waals surface area contributed by atoms with E-state index in [-0.39, 0.29) is 28.9 Å². The molecule has 2 fully saturated rings. The summed E-state index contributed by atoms with van der Waals surface area (Å²) in [5.74, 6) is -0.711. The number of piperazine rings is 1. The van der Waals surface area contributed by atoms with Crippen LogP contribution in [0.25, 0.3) is 0 Å². The Kier molecular flexibility index (Phi) is 6.03. The normalized spacial score (nSPS) is 22.5. The second-order valence-electron chi connectivity index (χ2n) is 5.58. The van der Waals surface area contributed by atoms with E-state index < -0.39 is 5.82 Å². The Morgan fingerprint density at radius 1 is 1.27 bits per heavy atom. The first-order chi connectivity index (χ1) is 10.2. The van der Waals surface area contributed by atoms with Crippen LogP contribution in [0.4, 0.5) is 4.39 Å². The lowest BCUT2D eigenvalue weighted by Crippen LogP contribution is -2.49. The standard InChI is InChI=1S/C15H19ClFN3O.ClH/c16-14-12(2-1-3-13(14)17)15(21)20-7-4-11(10-20)19-8-5-18-6-9-19;/h1-3,11,18H,4-10H2;1H.